The van der Waals surface area contributed by atoms with E-state index in [2.05, 4.69) is 31.1 Å². The van der Waals surface area contributed by atoms with Crippen LogP contribution in [0.4, 0.5) is 5.69 Å². The van der Waals surface area contributed by atoms with Crippen molar-refractivity contribution < 1.29 is 0 Å². The number of rotatable bonds is 2. The van der Waals surface area contributed by atoms with Crippen molar-refractivity contribution in [1.29, 1.82) is 0 Å². The molecule has 0 aliphatic heterocycles. The number of pyridine rings is 1. The molecule has 2 heterocycles. The Hall–Kier alpha value is -1.60. The molecule has 0 saturated heterocycles. The summed E-state index contributed by atoms with van der Waals surface area (Å²) in [6, 6.07) is 5.93. The van der Waals surface area contributed by atoms with Crippen LogP contribution in [0.15, 0.2) is 45.2 Å². The standard InChI is InChI=1S/C12H10BrN5S/c1-18-6-16-17-12(18)19-11-8-4-7(13)2-3-10(8)15-5-9(11)14/h2-6H,14H2,1H3. The summed E-state index contributed by atoms with van der Waals surface area (Å²) in [6.07, 6.45) is 3.34. The van der Waals surface area contributed by atoms with Crippen LogP contribution < -0.4 is 5.73 Å². The van der Waals surface area contributed by atoms with E-state index >= 15 is 0 Å². The topological polar surface area (TPSA) is 69.6 Å². The molecule has 0 spiro atoms. The summed E-state index contributed by atoms with van der Waals surface area (Å²) in [5, 5.41) is 9.73. The number of nitrogens with zero attached hydrogens (tertiary/aromatic N) is 4. The largest absolute Gasteiger partial charge is 0.397 e. The maximum atomic E-state index is 6.05. The summed E-state index contributed by atoms with van der Waals surface area (Å²) in [7, 11) is 1.90. The Morgan fingerprint density at radius 1 is 1.37 bits per heavy atom. The molecular weight excluding hydrogens is 326 g/mol. The van der Waals surface area contributed by atoms with Crippen LogP contribution in [-0.4, -0.2) is 19.7 Å². The molecule has 19 heavy (non-hydrogen) atoms. The average molecular weight is 336 g/mol. The van der Waals surface area contributed by atoms with Gasteiger partial charge in [-0.05, 0) is 30.0 Å². The zero-order valence-electron chi connectivity index (χ0n) is 10.0. The molecule has 0 atom stereocenters. The van der Waals surface area contributed by atoms with Gasteiger partial charge in [0.2, 0.25) is 0 Å². The van der Waals surface area contributed by atoms with Gasteiger partial charge in [-0.15, -0.1) is 10.2 Å². The summed E-state index contributed by atoms with van der Waals surface area (Å²) in [5.41, 5.74) is 7.59. The highest BCUT2D eigenvalue weighted by atomic mass is 79.9. The fourth-order valence-electron chi connectivity index (χ4n) is 1.73. The Balaban J connectivity index is 2.18. The Morgan fingerprint density at radius 3 is 2.95 bits per heavy atom. The quantitative estimate of drug-likeness (QED) is 0.779. The minimum atomic E-state index is 0.638. The van der Waals surface area contributed by atoms with E-state index in [1.165, 1.54) is 11.8 Å². The minimum Gasteiger partial charge on any atom is -0.397 e. The van der Waals surface area contributed by atoms with E-state index in [9.17, 15) is 0 Å². The molecule has 0 radical (unpaired) electrons. The third-order valence-electron chi connectivity index (χ3n) is 2.67. The maximum absolute atomic E-state index is 6.05. The third kappa shape index (κ3) is 2.31. The molecule has 0 aliphatic rings. The molecule has 0 fully saturated rings. The highest BCUT2D eigenvalue weighted by Gasteiger charge is 2.12. The lowest BCUT2D eigenvalue weighted by molar-refractivity contribution is 0.789. The Morgan fingerprint density at radius 2 is 2.21 bits per heavy atom. The third-order valence-corrected chi connectivity index (χ3v) is 4.38. The molecule has 96 valence electrons. The van der Waals surface area contributed by atoms with Crippen LogP contribution in [0.25, 0.3) is 10.9 Å². The van der Waals surface area contributed by atoms with Crippen LogP contribution in [0.5, 0.6) is 0 Å². The van der Waals surface area contributed by atoms with Crippen LogP contribution in [0, 0.1) is 0 Å². The summed E-state index contributed by atoms with van der Waals surface area (Å²) in [5.74, 6) is 0. The lowest BCUT2D eigenvalue weighted by atomic mass is 10.2. The average Bonchev–Trinajstić information content (AvgIpc) is 2.79. The summed E-state index contributed by atoms with van der Waals surface area (Å²) < 4.78 is 2.85. The monoisotopic (exact) mass is 335 g/mol. The van der Waals surface area contributed by atoms with E-state index in [1.54, 1.807) is 12.5 Å². The van der Waals surface area contributed by atoms with Crippen molar-refractivity contribution in [3.63, 3.8) is 0 Å². The summed E-state index contributed by atoms with van der Waals surface area (Å²) in [6.45, 7) is 0. The van der Waals surface area contributed by atoms with Crippen molar-refractivity contribution in [2.75, 3.05) is 5.73 Å². The second kappa shape index (κ2) is 4.82. The first-order valence-corrected chi connectivity index (χ1v) is 7.11. The van der Waals surface area contributed by atoms with Crippen molar-refractivity contribution in [2.45, 2.75) is 10.1 Å². The van der Waals surface area contributed by atoms with Gasteiger partial charge in [0.15, 0.2) is 5.16 Å². The van der Waals surface area contributed by atoms with Crippen molar-refractivity contribution in [2.24, 2.45) is 7.05 Å². The van der Waals surface area contributed by atoms with Crippen molar-refractivity contribution in [1.82, 2.24) is 19.7 Å². The smallest absolute Gasteiger partial charge is 0.195 e. The number of hydrogen-bond acceptors (Lipinski definition) is 5. The van der Waals surface area contributed by atoms with E-state index in [0.717, 1.165) is 25.4 Å². The normalized spacial score (nSPS) is 11.1. The van der Waals surface area contributed by atoms with Gasteiger partial charge in [0.25, 0.3) is 0 Å². The predicted molar refractivity (Wildman–Crippen MR) is 79.0 cm³/mol. The van der Waals surface area contributed by atoms with Gasteiger partial charge >= 0.3 is 0 Å². The summed E-state index contributed by atoms with van der Waals surface area (Å²) >= 11 is 4.96. The lowest BCUT2D eigenvalue weighted by Crippen LogP contribution is -1.95. The van der Waals surface area contributed by atoms with Crippen LogP contribution >= 0.6 is 27.7 Å². The molecule has 0 saturated carbocycles. The van der Waals surface area contributed by atoms with Crippen LogP contribution in [0.2, 0.25) is 0 Å². The van der Waals surface area contributed by atoms with E-state index in [4.69, 9.17) is 5.73 Å². The number of benzene rings is 1. The van der Waals surface area contributed by atoms with E-state index < -0.39 is 0 Å². The van der Waals surface area contributed by atoms with Gasteiger partial charge in [-0.1, -0.05) is 15.9 Å². The van der Waals surface area contributed by atoms with Gasteiger partial charge in [0, 0.05) is 21.8 Å². The molecule has 0 unspecified atom stereocenters. The Labute approximate surface area is 122 Å². The van der Waals surface area contributed by atoms with Gasteiger partial charge in [-0.25, -0.2) is 0 Å². The van der Waals surface area contributed by atoms with Gasteiger partial charge < -0.3 is 10.3 Å². The predicted octanol–water partition coefficient (Wildman–Crippen LogP) is 2.86. The number of halogens is 1. The fraction of sp³-hybridized carbons (Fsp3) is 0.0833. The first kappa shape index (κ1) is 12.4. The van der Waals surface area contributed by atoms with Gasteiger partial charge in [-0.2, -0.15) is 0 Å². The number of anilines is 1. The second-order valence-electron chi connectivity index (χ2n) is 4.03. The highest BCUT2D eigenvalue weighted by molar-refractivity contribution is 9.10. The number of nitrogen functional groups attached to an aromatic ring is 1. The van der Waals surface area contributed by atoms with Gasteiger partial charge in [-0.3, -0.25) is 4.98 Å². The molecule has 2 N–H and O–H groups in total. The molecule has 7 heteroatoms. The van der Waals surface area contributed by atoms with E-state index in [0.29, 0.717) is 5.69 Å². The molecule has 3 aromatic rings. The van der Waals surface area contributed by atoms with Crippen LogP contribution in [0.3, 0.4) is 0 Å². The number of fused-ring (bicyclic) bond motifs is 1. The van der Waals surface area contributed by atoms with Gasteiger partial charge in [0.1, 0.15) is 6.33 Å². The zero-order chi connectivity index (χ0) is 13.4. The van der Waals surface area contributed by atoms with Crippen LogP contribution in [0.1, 0.15) is 0 Å². The Bertz CT molecular complexity index is 750. The SMILES string of the molecule is Cn1cnnc1Sc1c(N)cnc2ccc(Br)cc12. The number of nitrogens with two attached hydrogens (primary N) is 1. The molecular formula is C12H10BrN5S. The first-order chi connectivity index (χ1) is 9.15. The number of aromatic nitrogens is 4. The van der Waals surface area contributed by atoms with E-state index in [1.807, 2.05) is 29.8 Å². The van der Waals surface area contributed by atoms with E-state index in [-0.39, 0.29) is 0 Å². The molecule has 0 bridgehead atoms. The summed E-state index contributed by atoms with van der Waals surface area (Å²) in [4.78, 5) is 5.28. The fourth-order valence-corrected chi connectivity index (χ4v) is 2.99. The molecule has 0 aliphatic carbocycles. The first-order valence-electron chi connectivity index (χ1n) is 5.51. The molecule has 1 aromatic carbocycles. The number of aryl methyl sites for hydroxylation is 1. The molecule has 2 aromatic heterocycles. The molecule has 5 nitrogen and oxygen atoms in total. The zero-order valence-corrected chi connectivity index (χ0v) is 12.4. The van der Waals surface area contributed by atoms with Gasteiger partial charge in [0.05, 0.1) is 17.4 Å². The van der Waals surface area contributed by atoms with Crippen molar-refractivity contribution in [3.05, 3.63) is 35.2 Å². The van der Waals surface area contributed by atoms with Crippen molar-refractivity contribution >= 4 is 44.3 Å². The molecule has 0 amide bonds. The highest BCUT2D eigenvalue weighted by Crippen LogP contribution is 2.36. The van der Waals surface area contributed by atoms with Crippen molar-refractivity contribution in [3.8, 4) is 0 Å². The maximum Gasteiger partial charge on any atom is 0.195 e. The Kier molecular flexibility index (Phi) is 3.16. The van der Waals surface area contributed by atoms with Crippen LogP contribution in [-0.2, 0) is 7.05 Å². The lowest BCUT2D eigenvalue weighted by Gasteiger charge is -2.08. The minimum absolute atomic E-state index is 0.638. The second-order valence-corrected chi connectivity index (χ2v) is 5.92. The number of hydrogen-bond donors (Lipinski definition) is 1. The molecule has 3 rings (SSSR count).